The first-order chi connectivity index (χ1) is 10.7. The van der Waals surface area contributed by atoms with E-state index >= 15 is 0 Å². The van der Waals surface area contributed by atoms with E-state index in [2.05, 4.69) is 26.6 Å². The number of alkyl carbamates (subject to hydrolysis) is 1. The fourth-order valence-corrected chi connectivity index (χ4v) is 3.22. The van der Waals surface area contributed by atoms with Crippen LogP contribution < -0.4 is 10.6 Å². The normalized spacial score (nSPS) is 21.6. The lowest BCUT2D eigenvalue weighted by Gasteiger charge is -2.31. The van der Waals surface area contributed by atoms with Crippen molar-refractivity contribution in [3.8, 4) is 0 Å². The molecule has 2 N–H and O–H groups in total. The number of hydrogen-bond donors (Lipinski definition) is 2. The Kier molecular flexibility index (Phi) is 6.20. The van der Waals surface area contributed by atoms with E-state index in [9.17, 15) is 4.79 Å². The number of hydrogen-bond acceptors (Lipinski definition) is 3. The van der Waals surface area contributed by atoms with Crippen LogP contribution in [0.4, 0.5) is 10.5 Å². The van der Waals surface area contributed by atoms with Crippen LogP contribution in [-0.4, -0.2) is 23.8 Å². The second-order valence-electron chi connectivity index (χ2n) is 6.96. The van der Waals surface area contributed by atoms with Gasteiger partial charge in [-0.2, -0.15) is 0 Å². The fraction of sp³-hybridized carbons (Fsp3) is 0.588. The first kappa shape index (κ1) is 18.4. The predicted octanol–water partition coefficient (Wildman–Crippen LogP) is 5.35. The third-order valence-electron chi connectivity index (χ3n) is 3.74. The Morgan fingerprint density at radius 1 is 1.22 bits per heavy atom. The summed E-state index contributed by atoms with van der Waals surface area (Å²) in [5.41, 5.74) is 0.558. The zero-order valence-electron chi connectivity index (χ0n) is 13.8. The first-order valence-corrected chi connectivity index (χ1v) is 9.11. The molecular formula is C17H24BrClN2O2. The molecule has 0 aromatic heterocycles. The smallest absolute Gasteiger partial charge is 0.407 e. The number of carbonyl (C=O) groups is 1. The summed E-state index contributed by atoms with van der Waals surface area (Å²) in [4.78, 5) is 11.8. The summed E-state index contributed by atoms with van der Waals surface area (Å²) in [6, 6.07) is 6.31. The van der Waals surface area contributed by atoms with Gasteiger partial charge in [0.25, 0.3) is 0 Å². The van der Waals surface area contributed by atoms with E-state index < -0.39 is 5.60 Å². The maximum atomic E-state index is 11.8. The predicted molar refractivity (Wildman–Crippen MR) is 98.2 cm³/mol. The molecule has 4 nitrogen and oxygen atoms in total. The molecule has 0 aliphatic heterocycles. The van der Waals surface area contributed by atoms with Gasteiger partial charge in [-0.3, -0.25) is 0 Å². The maximum Gasteiger partial charge on any atom is 0.407 e. The van der Waals surface area contributed by atoms with Gasteiger partial charge in [-0.05, 0) is 80.6 Å². The number of rotatable bonds is 3. The number of amides is 1. The van der Waals surface area contributed by atoms with Crippen LogP contribution in [0, 0.1) is 0 Å². The van der Waals surface area contributed by atoms with Crippen molar-refractivity contribution < 1.29 is 9.53 Å². The molecule has 2 rings (SSSR count). The Morgan fingerprint density at radius 2 is 1.83 bits per heavy atom. The molecule has 0 heterocycles. The second kappa shape index (κ2) is 7.75. The van der Waals surface area contributed by atoms with Crippen LogP contribution in [0.15, 0.2) is 22.7 Å². The third-order valence-corrected chi connectivity index (χ3v) is 4.66. The maximum absolute atomic E-state index is 11.8. The lowest BCUT2D eigenvalue weighted by atomic mass is 9.91. The summed E-state index contributed by atoms with van der Waals surface area (Å²) >= 11 is 9.58. The van der Waals surface area contributed by atoms with Crippen LogP contribution in [0.3, 0.4) is 0 Å². The van der Waals surface area contributed by atoms with Crippen LogP contribution in [0.5, 0.6) is 0 Å². The Morgan fingerprint density at radius 3 is 2.43 bits per heavy atom. The van der Waals surface area contributed by atoms with Gasteiger partial charge >= 0.3 is 6.09 Å². The SMILES string of the molecule is CC(C)(C)OC(=O)NC1CCC(Nc2cc(Cl)ccc2Br)CC1. The number of nitrogens with one attached hydrogen (secondary N) is 2. The van der Waals surface area contributed by atoms with Crippen molar-refractivity contribution in [3.05, 3.63) is 27.7 Å². The fourth-order valence-electron chi connectivity index (χ4n) is 2.68. The molecule has 1 fully saturated rings. The molecule has 1 aliphatic carbocycles. The molecule has 0 bridgehead atoms. The number of anilines is 1. The molecule has 1 aromatic carbocycles. The van der Waals surface area contributed by atoms with Crippen molar-refractivity contribution in [2.24, 2.45) is 0 Å². The average Bonchev–Trinajstić information content (AvgIpc) is 2.43. The zero-order chi connectivity index (χ0) is 17.0. The molecule has 128 valence electrons. The van der Waals surface area contributed by atoms with Crippen molar-refractivity contribution in [2.75, 3.05) is 5.32 Å². The lowest BCUT2D eigenvalue weighted by molar-refractivity contribution is 0.0492. The lowest BCUT2D eigenvalue weighted by Crippen LogP contribution is -2.42. The summed E-state index contributed by atoms with van der Waals surface area (Å²) in [7, 11) is 0. The zero-order valence-corrected chi connectivity index (χ0v) is 16.1. The van der Waals surface area contributed by atoms with Gasteiger partial charge < -0.3 is 15.4 Å². The summed E-state index contributed by atoms with van der Waals surface area (Å²) < 4.78 is 6.32. The Labute approximate surface area is 151 Å². The number of carbonyl (C=O) groups excluding carboxylic acids is 1. The molecule has 1 amide bonds. The van der Waals surface area contributed by atoms with Crippen molar-refractivity contribution in [1.82, 2.24) is 5.32 Å². The molecule has 1 saturated carbocycles. The number of ether oxygens (including phenoxy) is 1. The van der Waals surface area contributed by atoms with Gasteiger partial charge in [-0.1, -0.05) is 11.6 Å². The van der Waals surface area contributed by atoms with Gasteiger partial charge in [0.2, 0.25) is 0 Å². The Bertz CT molecular complexity index is 552. The molecule has 0 unspecified atom stereocenters. The Balaban J connectivity index is 1.80. The molecule has 0 atom stereocenters. The first-order valence-electron chi connectivity index (χ1n) is 7.94. The summed E-state index contributed by atoms with van der Waals surface area (Å²) in [6.45, 7) is 5.61. The molecule has 1 aromatic rings. The van der Waals surface area contributed by atoms with Gasteiger partial charge in [-0.15, -0.1) is 0 Å². The molecule has 0 saturated heterocycles. The average molecular weight is 404 g/mol. The highest BCUT2D eigenvalue weighted by atomic mass is 79.9. The van der Waals surface area contributed by atoms with E-state index in [4.69, 9.17) is 16.3 Å². The van der Waals surface area contributed by atoms with Gasteiger partial charge in [-0.25, -0.2) is 4.79 Å². The van der Waals surface area contributed by atoms with Crippen LogP contribution in [-0.2, 0) is 4.74 Å². The molecule has 0 radical (unpaired) electrons. The van der Waals surface area contributed by atoms with Crippen LogP contribution in [0.1, 0.15) is 46.5 Å². The third kappa shape index (κ3) is 6.22. The van der Waals surface area contributed by atoms with Crippen LogP contribution in [0.25, 0.3) is 0 Å². The van der Waals surface area contributed by atoms with Gasteiger partial charge in [0, 0.05) is 21.6 Å². The van der Waals surface area contributed by atoms with E-state index in [1.165, 1.54) is 0 Å². The highest BCUT2D eigenvalue weighted by molar-refractivity contribution is 9.10. The number of halogens is 2. The Hall–Kier alpha value is -0.940. The van der Waals surface area contributed by atoms with Crippen molar-refractivity contribution in [1.29, 1.82) is 0 Å². The molecular weight excluding hydrogens is 380 g/mol. The van der Waals surface area contributed by atoms with Crippen molar-refractivity contribution >= 4 is 39.3 Å². The molecule has 23 heavy (non-hydrogen) atoms. The topological polar surface area (TPSA) is 50.4 Å². The minimum absolute atomic E-state index is 0.186. The second-order valence-corrected chi connectivity index (χ2v) is 8.25. The standard InChI is InChI=1S/C17H24BrClN2O2/c1-17(2,3)23-16(22)21-13-7-5-12(6-8-13)20-15-10-11(19)4-9-14(15)18/h4,9-10,12-13,20H,5-8H2,1-3H3,(H,21,22). The van der Waals surface area contributed by atoms with Crippen molar-refractivity contribution in [3.63, 3.8) is 0 Å². The van der Waals surface area contributed by atoms with Crippen molar-refractivity contribution in [2.45, 2.75) is 64.1 Å². The summed E-state index contributed by atoms with van der Waals surface area (Å²) in [6.07, 6.45) is 3.55. The van der Waals surface area contributed by atoms with Gasteiger partial charge in [0.15, 0.2) is 0 Å². The largest absolute Gasteiger partial charge is 0.444 e. The highest BCUT2D eigenvalue weighted by Crippen LogP contribution is 2.29. The quantitative estimate of drug-likeness (QED) is 0.715. The molecule has 6 heteroatoms. The highest BCUT2D eigenvalue weighted by Gasteiger charge is 2.25. The van der Waals surface area contributed by atoms with E-state index in [0.29, 0.717) is 6.04 Å². The van der Waals surface area contributed by atoms with E-state index in [-0.39, 0.29) is 12.1 Å². The molecule has 0 spiro atoms. The van der Waals surface area contributed by atoms with Crippen LogP contribution in [0.2, 0.25) is 5.02 Å². The number of benzene rings is 1. The van der Waals surface area contributed by atoms with E-state index in [1.807, 2.05) is 39.0 Å². The minimum atomic E-state index is -0.457. The monoisotopic (exact) mass is 402 g/mol. The van der Waals surface area contributed by atoms with E-state index in [0.717, 1.165) is 40.9 Å². The van der Waals surface area contributed by atoms with Gasteiger partial charge in [0.05, 0.1) is 5.69 Å². The van der Waals surface area contributed by atoms with Crippen LogP contribution >= 0.6 is 27.5 Å². The summed E-state index contributed by atoms with van der Waals surface area (Å²) in [5.74, 6) is 0. The minimum Gasteiger partial charge on any atom is -0.444 e. The molecule has 1 aliphatic rings. The summed E-state index contributed by atoms with van der Waals surface area (Å²) in [5, 5.41) is 7.21. The van der Waals surface area contributed by atoms with E-state index in [1.54, 1.807) is 0 Å². The van der Waals surface area contributed by atoms with Gasteiger partial charge in [0.1, 0.15) is 5.60 Å².